The van der Waals surface area contributed by atoms with Gasteiger partial charge in [0.2, 0.25) is 0 Å². The lowest BCUT2D eigenvalue weighted by molar-refractivity contribution is 0.0920. The van der Waals surface area contributed by atoms with Crippen molar-refractivity contribution < 1.29 is 5.11 Å². The van der Waals surface area contributed by atoms with E-state index in [1.54, 1.807) is 5.57 Å². The highest BCUT2D eigenvalue weighted by Crippen LogP contribution is 2.60. The quantitative estimate of drug-likeness (QED) is 0.465. The van der Waals surface area contributed by atoms with Gasteiger partial charge >= 0.3 is 0 Å². The molecular formula is C28H46O. The van der Waals surface area contributed by atoms with Gasteiger partial charge in [0.15, 0.2) is 0 Å². The molecule has 5 atom stereocenters. The third-order valence-electron chi connectivity index (χ3n) is 8.54. The summed E-state index contributed by atoms with van der Waals surface area (Å²) in [4.78, 5) is 0. The minimum absolute atomic E-state index is 0.324. The summed E-state index contributed by atoms with van der Waals surface area (Å²) in [5.41, 5.74) is 5.10. The van der Waals surface area contributed by atoms with Gasteiger partial charge in [-0.15, -0.1) is 0 Å². The number of aliphatic hydroxyl groups excluding tert-OH is 1. The maximum absolute atomic E-state index is 10.1. The number of rotatable bonds is 5. The van der Waals surface area contributed by atoms with Crippen LogP contribution < -0.4 is 0 Å². The fourth-order valence-electron chi connectivity index (χ4n) is 6.73. The second-order valence-corrected chi connectivity index (χ2v) is 12.0. The molecule has 0 saturated heterocycles. The van der Waals surface area contributed by atoms with Crippen molar-refractivity contribution in [1.82, 2.24) is 0 Å². The van der Waals surface area contributed by atoms with E-state index < -0.39 is 0 Å². The van der Waals surface area contributed by atoms with E-state index in [9.17, 15) is 5.11 Å². The Hall–Kier alpha value is -0.820. The Morgan fingerprint density at radius 2 is 1.93 bits per heavy atom. The first-order valence-corrected chi connectivity index (χ1v) is 12.3. The molecule has 29 heavy (non-hydrogen) atoms. The van der Waals surface area contributed by atoms with Gasteiger partial charge in [-0.05, 0) is 91.9 Å². The third kappa shape index (κ3) is 5.46. The summed E-state index contributed by atoms with van der Waals surface area (Å²) < 4.78 is 0. The number of fused-ring (bicyclic) bond motifs is 1. The average molecular weight is 399 g/mol. The molecule has 0 amide bonds. The highest BCUT2D eigenvalue weighted by atomic mass is 16.3. The molecule has 3 saturated carbocycles. The van der Waals surface area contributed by atoms with Gasteiger partial charge in [-0.25, -0.2) is 0 Å². The fraction of sp³-hybridized carbons (Fsp3) is 0.786. The molecule has 0 aromatic rings. The number of hydrogen-bond acceptors (Lipinski definition) is 1. The Bertz CT molecular complexity index is 646. The van der Waals surface area contributed by atoms with E-state index in [2.05, 4.69) is 53.3 Å². The summed E-state index contributed by atoms with van der Waals surface area (Å²) in [7, 11) is 0. The molecule has 1 N–H and O–H groups in total. The molecule has 0 aromatic heterocycles. The summed E-state index contributed by atoms with van der Waals surface area (Å²) >= 11 is 0. The van der Waals surface area contributed by atoms with Crippen molar-refractivity contribution in [2.45, 2.75) is 111 Å². The monoisotopic (exact) mass is 398 g/mol. The largest absolute Gasteiger partial charge is 0.388 e. The highest BCUT2D eigenvalue weighted by Gasteiger charge is 2.50. The van der Waals surface area contributed by atoms with E-state index >= 15 is 0 Å². The van der Waals surface area contributed by atoms with Gasteiger partial charge in [0.25, 0.3) is 0 Å². The van der Waals surface area contributed by atoms with Crippen molar-refractivity contribution in [2.24, 2.45) is 28.6 Å². The van der Waals surface area contributed by atoms with Crippen LogP contribution >= 0.6 is 0 Å². The molecule has 1 heteroatoms. The van der Waals surface area contributed by atoms with Crippen molar-refractivity contribution in [2.75, 3.05) is 0 Å². The van der Waals surface area contributed by atoms with Gasteiger partial charge in [-0.2, -0.15) is 0 Å². The Labute approximate surface area is 180 Å². The first-order valence-electron chi connectivity index (χ1n) is 12.3. The summed E-state index contributed by atoms with van der Waals surface area (Å²) in [5.74, 6) is 2.53. The van der Waals surface area contributed by atoms with E-state index in [1.165, 1.54) is 56.9 Å². The second-order valence-electron chi connectivity index (χ2n) is 12.0. The lowest BCUT2D eigenvalue weighted by Crippen LogP contribution is -2.36. The minimum atomic E-state index is -0.324. The zero-order chi connectivity index (χ0) is 21.2. The van der Waals surface area contributed by atoms with Crippen LogP contribution in [0.2, 0.25) is 0 Å². The topological polar surface area (TPSA) is 20.2 Å². The molecule has 0 aromatic carbocycles. The van der Waals surface area contributed by atoms with Crippen molar-refractivity contribution >= 4 is 0 Å². The molecular weight excluding hydrogens is 352 g/mol. The van der Waals surface area contributed by atoms with Crippen LogP contribution in [0.1, 0.15) is 105 Å². The predicted molar refractivity (Wildman–Crippen MR) is 126 cm³/mol. The van der Waals surface area contributed by atoms with Gasteiger partial charge in [0.05, 0.1) is 6.10 Å². The SMILES string of the molecule is C=C1CCC(=CC=C2CCCC3(C)C2CCC3C(C)CCCC(C)(C)C)CC1O. The van der Waals surface area contributed by atoms with Crippen molar-refractivity contribution in [3.8, 4) is 0 Å². The summed E-state index contributed by atoms with van der Waals surface area (Å²) in [5, 5.41) is 10.1. The molecule has 3 aliphatic rings. The maximum Gasteiger partial charge on any atom is 0.0784 e. The Kier molecular flexibility index (Phi) is 7.19. The lowest BCUT2D eigenvalue weighted by atomic mass is 9.60. The molecule has 0 aliphatic heterocycles. The lowest BCUT2D eigenvalue weighted by Gasteiger charge is -2.44. The van der Waals surface area contributed by atoms with Gasteiger partial charge in [0, 0.05) is 0 Å². The minimum Gasteiger partial charge on any atom is -0.388 e. The molecule has 0 heterocycles. The smallest absolute Gasteiger partial charge is 0.0784 e. The summed E-state index contributed by atoms with van der Waals surface area (Å²) in [6.45, 7) is 16.3. The molecule has 3 aliphatic carbocycles. The van der Waals surface area contributed by atoms with Crippen molar-refractivity contribution in [1.29, 1.82) is 0 Å². The standard InChI is InChI=1S/C28H46O/c1-20(9-7-17-27(3,4)5)24-15-16-25-23(10-8-18-28(24,25)6)14-13-22-12-11-21(2)26(29)19-22/h13-14,20,24-26,29H,2,7-12,15-19H2,1,3-6H3. The van der Waals surface area contributed by atoms with Gasteiger partial charge in [0.1, 0.15) is 0 Å². The Morgan fingerprint density at radius 3 is 2.62 bits per heavy atom. The van der Waals surface area contributed by atoms with E-state index in [0.29, 0.717) is 10.8 Å². The maximum atomic E-state index is 10.1. The van der Waals surface area contributed by atoms with Crippen LogP contribution in [-0.4, -0.2) is 11.2 Å². The van der Waals surface area contributed by atoms with Gasteiger partial charge < -0.3 is 5.11 Å². The first kappa shape index (κ1) is 22.9. The molecule has 3 fully saturated rings. The summed E-state index contributed by atoms with van der Waals surface area (Å²) in [6, 6.07) is 0. The number of aliphatic hydroxyl groups is 1. The van der Waals surface area contributed by atoms with Gasteiger partial charge in [-0.3, -0.25) is 0 Å². The van der Waals surface area contributed by atoms with E-state index in [0.717, 1.165) is 42.6 Å². The van der Waals surface area contributed by atoms with Crippen LogP contribution in [0.3, 0.4) is 0 Å². The Morgan fingerprint density at radius 1 is 1.17 bits per heavy atom. The highest BCUT2D eigenvalue weighted by molar-refractivity contribution is 5.28. The third-order valence-corrected chi connectivity index (χ3v) is 8.54. The number of allylic oxidation sites excluding steroid dienone is 3. The molecule has 0 bridgehead atoms. The van der Waals surface area contributed by atoms with Gasteiger partial charge in [-0.1, -0.05) is 77.3 Å². The zero-order valence-electron chi connectivity index (χ0n) is 19.9. The molecule has 0 radical (unpaired) electrons. The molecule has 164 valence electrons. The van der Waals surface area contributed by atoms with Crippen molar-refractivity contribution in [3.05, 3.63) is 35.5 Å². The summed E-state index contributed by atoms with van der Waals surface area (Å²) in [6.07, 6.45) is 18.3. The molecule has 1 nitrogen and oxygen atoms in total. The van der Waals surface area contributed by atoms with Crippen LogP contribution in [0.4, 0.5) is 0 Å². The molecule has 5 unspecified atom stereocenters. The van der Waals surface area contributed by atoms with E-state index in [4.69, 9.17) is 0 Å². The average Bonchev–Trinajstić information content (AvgIpc) is 2.99. The second kappa shape index (κ2) is 9.13. The van der Waals surface area contributed by atoms with Crippen molar-refractivity contribution in [3.63, 3.8) is 0 Å². The first-order chi connectivity index (χ1) is 13.6. The molecule has 0 spiro atoms. The zero-order valence-corrected chi connectivity index (χ0v) is 19.9. The predicted octanol–water partition coefficient (Wildman–Crippen LogP) is 8.01. The number of hydrogen-bond donors (Lipinski definition) is 1. The normalized spacial score (nSPS) is 37.2. The van der Waals surface area contributed by atoms with E-state index in [-0.39, 0.29) is 6.10 Å². The van der Waals surface area contributed by atoms with Crippen LogP contribution in [0.25, 0.3) is 0 Å². The van der Waals surface area contributed by atoms with Crippen LogP contribution in [0.15, 0.2) is 35.5 Å². The van der Waals surface area contributed by atoms with Crippen LogP contribution in [-0.2, 0) is 0 Å². The Balaban J connectivity index is 1.65. The van der Waals surface area contributed by atoms with Crippen LogP contribution in [0, 0.1) is 28.6 Å². The van der Waals surface area contributed by atoms with Crippen LogP contribution in [0.5, 0.6) is 0 Å². The molecule has 3 rings (SSSR count). The van der Waals surface area contributed by atoms with E-state index in [1.807, 2.05) is 0 Å². The fourth-order valence-corrected chi connectivity index (χ4v) is 6.73.